The Kier molecular flexibility index (Phi) is 5.35. The van der Waals surface area contributed by atoms with E-state index in [2.05, 4.69) is 70.8 Å². The second-order valence-electron chi connectivity index (χ2n) is 7.38. The number of benzene rings is 2. The zero-order valence-electron chi connectivity index (χ0n) is 16.9. The number of anilines is 1. The predicted octanol–water partition coefficient (Wildman–Crippen LogP) is 3.82. The summed E-state index contributed by atoms with van der Waals surface area (Å²) in [6.45, 7) is 9.39. The van der Waals surface area contributed by atoms with Crippen molar-refractivity contribution in [2.24, 2.45) is 0 Å². The van der Waals surface area contributed by atoms with Crippen molar-refractivity contribution in [2.45, 2.75) is 20.4 Å². The number of methoxy groups -OCH3 is 1. The molecule has 1 saturated heterocycles. The quantitative estimate of drug-likeness (QED) is 0.678. The van der Waals surface area contributed by atoms with Crippen molar-refractivity contribution in [1.29, 1.82) is 0 Å². The Morgan fingerprint density at radius 2 is 1.68 bits per heavy atom. The highest BCUT2D eigenvalue weighted by Gasteiger charge is 2.23. The van der Waals surface area contributed by atoms with Gasteiger partial charge < -0.3 is 9.64 Å². The van der Waals surface area contributed by atoms with E-state index in [0.29, 0.717) is 0 Å². The first-order chi connectivity index (χ1) is 13.7. The van der Waals surface area contributed by atoms with E-state index in [1.165, 1.54) is 16.9 Å². The highest BCUT2D eigenvalue weighted by molar-refractivity contribution is 5.57. The van der Waals surface area contributed by atoms with Crippen LogP contribution >= 0.6 is 0 Å². The molecular weight excluding hydrogens is 348 g/mol. The number of aromatic nitrogens is 2. The summed E-state index contributed by atoms with van der Waals surface area (Å²) in [5.41, 5.74) is 6.01. The molecule has 1 fully saturated rings. The summed E-state index contributed by atoms with van der Waals surface area (Å²) < 4.78 is 7.41. The third kappa shape index (κ3) is 3.76. The highest BCUT2D eigenvalue weighted by atomic mass is 16.5. The number of para-hydroxylation sites is 1. The van der Waals surface area contributed by atoms with Gasteiger partial charge in [0.1, 0.15) is 5.75 Å². The summed E-state index contributed by atoms with van der Waals surface area (Å²) in [5.74, 6) is 0.927. The van der Waals surface area contributed by atoms with Crippen molar-refractivity contribution >= 4 is 5.69 Å². The molecule has 1 aliphatic rings. The van der Waals surface area contributed by atoms with Crippen LogP contribution in [0.2, 0.25) is 0 Å². The zero-order valence-corrected chi connectivity index (χ0v) is 16.9. The third-order valence-electron chi connectivity index (χ3n) is 5.48. The second kappa shape index (κ2) is 8.07. The SMILES string of the molecule is COc1cccc(CN2CCN(c3c(C)nn(-c4ccccc4)c3C)CC2)c1. The van der Waals surface area contributed by atoms with Gasteiger partial charge in [-0.05, 0) is 43.7 Å². The van der Waals surface area contributed by atoms with Crippen molar-refractivity contribution in [1.82, 2.24) is 14.7 Å². The standard InChI is InChI=1S/C23H28N4O/c1-18-23(19(2)27(24-18)21-9-5-4-6-10-21)26-14-12-25(13-15-26)17-20-8-7-11-22(16-20)28-3/h4-11,16H,12-15,17H2,1-3H3. The molecule has 5 nitrogen and oxygen atoms in total. The smallest absolute Gasteiger partial charge is 0.119 e. The molecule has 1 aromatic heterocycles. The van der Waals surface area contributed by atoms with Crippen molar-refractivity contribution in [3.8, 4) is 11.4 Å². The van der Waals surface area contributed by atoms with Crippen LogP contribution in [0.25, 0.3) is 5.69 Å². The average Bonchev–Trinajstić information content (AvgIpc) is 3.03. The maximum absolute atomic E-state index is 5.35. The minimum Gasteiger partial charge on any atom is -0.497 e. The minimum atomic E-state index is 0.927. The lowest BCUT2D eigenvalue weighted by Gasteiger charge is -2.36. The van der Waals surface area contributed by atoms with Crippen LogP contribution < -0.4 is 9.64 Å². The first kappa shape index (κ1) is 18.6. The van der Waals surface area contributed by atoms with Gasteiger partial charge in [-0.15, -0.1) is 0 Å². The summed E-state index contributed by atoms with van der Waals surface area (Å²) in [7, 11) is 1.72. The first-order valence-corrected chi connectivity index (χ1v) is 9.87. The van der Waals surface area contributed by atoms with Gasteiger partial charge in [-0.3, -0.25) is 4.90 Å². The number of hydrogen-bond acceptors (Lipinski definition) is 4. The Balaban J connectivity index is 1.45. The molecule has 0 atom stereocenters. The van der Waals surface area contributed by atoms with Crippen LogP contribution in [0.5, 0.6) is 5.75 Å². The molecule has 0 aliphatic carbocycles. The fraction of sp³-hybridized carbons (Fsp3) is 0.348. The van der Waals surface area contributed by atoms with Crippen molar-refractivity contribution in [3.63, 3.8) is 0 Å². The maximum Gasteiger partial charge on any atom is 0.119 e. The summed E-state index contributed by atoms with van der Waals surface area (Å²) in [6, 6.07) is 18.7. The van der Waals surface area contributed by atoms with Crippen LogP contribution in [0.4, 0.5) is 5.69 Å². The van der Waals surface area contributed by atoms with Crippen LogP contribution in [0, 0.1) is 13.8 Å². The molecule has 3 aromatic rings. The van der Waals surface area contributed by atoms with Gasteiger partial charge in [0.25, 0.3) is 0 Å². The van der Waals surface area contributed by atoms with E-state index in [-0.39, 0.29) is 0 Å². The van der Waals surface area contributed by atoms with Gasteiger partial charge in [-0.2, -0.15) is 5.10 Å². The molecule has 28 heavy (non-hydrogen) atoms. The van der Waals surface area contributed by atoms with E-state index in [1.807, 2.05) is 12.1 Å². The molecule has 5 heteroatoms. The van der Waals surface area contributed by atoms with E-state index in [4.69, 9.17) is 9.84 Å². The molecular formula is C23H28N4O. The molecule has 2 heterocycles. The number of hydrogen-bond donors (Lipinski definition) is 0. The molecule has 4 rings (SSSR count). The molecule has 0 saturated carbocycles. The first-order valence-electron chi connectivity index (χ1n) is 9.87. The Morgan fingerprint density at radius 3 is 2.39 bits per heavy atom. The van der Waals surface area contributed by atoms with Gasteiger partial charge in [0.05, 0.1) is 29.9 Å². The minimum absolute atomic E-state index is 0.927. The lowest BCUT2D eigenvalue weighted by atomic mass is 10.1. The van der Waals surface area contributed by atoms with Gasteiger partial charge in [0, 0.05) is 32.7 Å². The van der Waals surface area contributed by atoms with E-state index < -0.39 is 0 Å². The molecule has 2 aromatic carbocycles. The monoisotopic (exact) mass is 376 g/mol. The van der Waals surface area contributed by atoms with Crippen LogP contribution in [0.3, 0.4) is 0 Å². The maximum atomic E-state index is 5.35. The molecule has 0 spiro atoms. The van der Waals surface area contributed by atoms with E-state index >= 15 is 0 Å². The highest BCUT2D eigenvalue weighted by Crippen LogP contribution is 2.28. The number of nitrogens with zero attached hydrogens (tertiary/aromatic N) is 4. The zero-order chi connectivity index (χ0) is 19.5. The van der Waals surface area contributed by atoms with Crippen LogP contribution in [0.1, 0.15) is 17.0 Å². The number of rotatable bonds is 5. The number of aryl methyl sites for hydroxylation is 1. The fourth-order valence-corrected chi connectivity index (χ4v) is 4.07. The normalized spacial score (nSPS) is 15.0. The van der Waals surface area contributed by atoms with Gasteiger partial charge in [0.15, 0.2) is 0 Å². The Hall–Kier alpha value is -2.79. The van der Waals surface area contributed by atoms with Gasteiger partial charge >= 0.3 is 0 Å². The van der Waals surface area contributed by atoms with E-state index in [1.54, 1.807) is 7.11 Å². The lowest BCUT2D eigenvalue weighted by Crippen LogP contribution is -2.46. The number of ether oxygens (including phenoxy) is 1. The van der Waals surface area contributed by atoms with Crippen LogP contribution in [-0.4, -0.2) is 48.0 Å². The predicted molar refractivity (Wildman–Crippen MR) is 114 cm³/mol. The molecule has 0 N–H and O–H groups in total. The van der Waals surface area contributed by atoms with Gasteiger partial charge in [-0.25, -0.2) is 4.68 Å². The van der Waals surface area contributed by atoms with E-state index in [0.717, 1.165) is 49.9 Å². The van der Waals surface area contributed by atoms with Gasteiger partial charge in [0.2, 0.25) is 0 Å². The van der Waals surface area contributed by atoms with E-state index in [9.17, 15) is 0 Å². The summed E-state index contributed by atoms with van der Waals surface area (Å²) >= 11 is 0. The average molecular weight is 377 g/mol. The Bertz CT molecular complexity index is 927. The Morgan fingerprint density at radius 1 is 0.929 bits per heavy atom. The Labute approximate surface area is 167 Å². The summed E-state index contributed by atoms with van der Waals surface area (Å²) in [4.78, 5) is 5.00. The summed E-state index contributed by atoms with van der Waals surface area (Å²) in [5, 5.41) is 4.81. The third-order valence-corrected chi connectivity index (χ3v) is 5.48. The molecule has 0 bridgehead atoms. The van der Waals surface area contributed by atoms with Crippen LogP contribution in [0.15, 0.2) is 54.6 Å². The molecule has 0 radical (unpaired) electrons. The largest absolute Gasteiger partial charge is 0.497 e. The van der Waals surface area contributed by atoms with Crippen molar-refractivity contribution in [2.75, 3.05) is 38.2 Å². The van der Waals surface area contributed by atoms with Crippen LogP contribution in [-0.2, 0) is 6.54 Å². The van der Waals surface area contributed by atoms with Crippen molar-refractivity contribution < 1.29 is 4.74 Å². The van der Waals surface area contributed by atoms with Gasteiger partial charge in [-0.1, -0.05) is 30.3 Å². The lowest BCUT2D eigenvalue weighted by molar-refractivity contribution is 0.249. The van der Waals surface area contributed by atoms with Crippen molar-refractivity contribution in [3.05, 3.63) is 71.5 Å². The molecule has 1 aliphatic heterocycles. The molecule has 146 valence electrons. The topological polar surface area (TPSA) is 33.5 Å². The fourth-order valence-electron chi connectivity index (χ4n) is 4.07. The number of piperazine rings is 1. The second-order valence-corrected chi connectivity index (χ2v) is 7.38. The molecule has 0 amide bonds. The molecule has 0 unspecified atom stereocenters. The summed E-state index contributed by atoms with van der Waals surface area (Å²) in [6.07, 6.45) is 0.